The van der Waals surface area contributed by atoms with E-state index in [-0.39, 0.29) is 6.04 Å². The maximum atomic E-state index is 5.66. The van der Waals surface area contributed by atoms with Gasteiger partial charge in [0.1, 0.15) is 5.75 Å². The predicted molar refractivity (Wildman–Crippen MR) is 79.4 cm³/mol. The van der Waals surface area contributed by atoms with E-state index in [1.807, 2.05) is 23.0 Å². The fraction of sp³-hybridized carbons (Fsp3) is 0.400. The van der Waals surface area contributed by atoms with E-state index in [9.17, 15) is 0 Å². The molecule has 0 saturated carbocycles. The third-order valence-corrected chi connectivity index (χ3v) is 3.37. The van der Waals surface area contributed by atoms with Crippen LogP contribution < -0.4 is 16.0 Å². The molecule has 0 aliphatic rings. The van der Waals surface area contributed by atoms with Gasteiger partial charge in [-0.3, -0.25) is 16.0 Å². The molecule has 0 aliphatic carbocycles. The van der Waals surface area contributed by atoms with E-state index >= 15 is 0 Å². The molecule has 20 heavy (non-hydrogen) atoms. The lowest BCUT2D eigenvalue weighted by molar-refractivity contribution is 0.414. The van der Waals surface area contributed by atoms with Crippen molar-refractivity contribution < 1.29 is 4.74 Å². The second-order valence-electron chi connectivity index (χ2n) is 4.82. The zero-order chi connectivity index (χ0) is 14.4. The number of hydrazine groups is 1. The molecule has 108 valence electrons. The van der Waals surface area contributed by atoms with Crippen molar-refractivity contribution in [1.82, 2.24) is 15.2 Å². The summed E-state index contributed by atoms with van der Waals surface area (Å²) >= 11 is 0. The standard InChI is InChI=1S/C15H22N4O/c1-3-19-11-13(10-17-19)9-14(18-16)8-12-4-6-15(20-2)7-5-12/h4-7,10-11,14,18H,3,8-9,16H2,1-2H3. The van der Waals surface area contributed by atoms with Crippen molar-refractivity contribution in [2.75, 3.05) is 7.11 Å². The van der Waals surface area contributed by atoms with Gasteiger partial charge in [0.2, 0.25) is 0 Å². The maximum absolute atomic E-state index is 5.66. The maximum Gasteiger partial charge on any atom is 0.118 e. The molecule has 0 bridgehead atoms. The van der Waals surface area contributed by atoms with Crippen molar-refractivity contribution >= 4 is 0 Å². The highest BCUT2D eigenvalue weighted by atomic mass is 16.5. The molecule has 1 heterocycles. The predicted octanol–water partition coefficient (Wildman–Crippen LogP) is 1.53. The minimum Gasteiger partial charge on any atom is -0.497 e. The molecule has 0 aliphatic heterocycles. The lowest BCUT2D eigenvalue weighted by Crippen LogP contribution is -2.38. The number of aromatic nitrogens is 2. The van der Waals surface area contributed by atoms with E-state index in [0.717, 1.165) is 25.1 Å². The third-order valence-electron chi connectivity index (χ3n) is 3.37. The molecule has 0 amide bonds. The molecule has 1 atom stereocenters. The van der Waals surface area contributed by atoms with Crippen LogP contribution in [0.3, 0.4) is 0 Å². The van der Waals surface area contributed by atoms with Gasteiger partial charge in [0.05, 0.1) is 13.3 Å². The number of nitrogens with two attached hydrogens (primary N) is 1. The topological polar surface area (TPSA) is 65.1 Å². The number of rotatable bonds is 7. The lowest BCUT2D eigenvalue weighted by atomic mass is 10.0. The zero-order valence-corrected chi connectivity index (χ0v) is 12.0. The Morgan fingerprint density at radius 3 is 2.50 bits per heavy atom. The summed E-state index contributed by atoms with van der Waals surface area (Å²) in [4.78, 5) is 0. The molecule has 3 N–H and O–H groups in total. The number of aryl methyl sites for hydroxylation is 1. The number of nitrogens with one attached hydrogen (secondary N) is 1. The first-order valence-corrected chi connectivity index (χ1v) is 6.85. The van der Waals surface area contributed by atoms with Crippen LogP contribution in [-0.2, 0) is 19.4 Å². The molecule has 0 radical (unpaired) electrons. The number of hydrogen-bond donors (Lipinski definition) is 2. The van der Waals surface area contributed by atoms with Crippen LogP contribution in [0.2, 0.25) is 0 Å². The first kappa shape index (κ1) is 14.6. The molecule has 0 saturated heterocycles. The molecule has 1 aromatic carbocycles. The van der Waals surface area contributed by atoms with Crippen molar-refractivity contribution in [1.29, 1.82) is 0 Å². The summed E-state index contributed by atoms with van der Waals surface area (Å²) in [7, 11) is 1.67. The number of nitrogens with zero attached hydrogens (tertiary/aromatic N) is 2. The van der Waals surface area contributed by atoms with Gasteiger partial charge in [-0.1, -0.05) is 12.1 Å². The van der Waals surface area contributed by atoms with Crippen LogP contribution in [0, 0.1) is 0 Å². The molecular weight excluding hydrogens is 252 g/mol. The van der Waals surface area contributed by atoms with Crippen LogP contribution in [0.4, 0.5) is 0 Å². The van der Waals surface area contributed by atoms with Crippen molar-refractivity contribution in [3.8, 4) is 5.75 Å². The molecule has 0 fully saturated rings. The SMILES string of the molecule is CCn1cc(CC(Cc2ccc(OC)cc2)NN)cn1. The summed E-state index contributed by atoms with van der Waals surface area (Å²) in [6.45, 7) is 2.96. The van der Waals surface area contributed by atoms with Crippen LogP contribution in [0.15, 0.2) is 36.7 Å². The van der Waals surface area contributed by atoms with Gasteiger partial charge in [-0.2, -0.15) is 5.10 Å². The Morgan fingerprint density at radius 2 is 1.95 bits per heavy atom. The van der Waals surface area contributed by atoms with Crippen LogP contribution in [-0.4, -0.2) is 22.9 Å². The molecule has 2 aromatic rings. The summed E-state index contributed by atoms with van der Waals surface area (Å²) in [6, 6.07) is 8.27. The monoisotopic (exact) mass is 274 g/mol. The number of benzene rings is 1. The van der Waals surface area contributed by atoms with Gasteiger partial charge >= 0.3 is 0 Å². The first-order chi connectivity index (χ1) is 9.75. The van der Waals surface area contributed by atoms with Crippen LogP contribution >= 0.6 is 0 Å². The van der Waals surface area contributed by atoms with E-state index in [1.165, 1.54) is 11.1 Å². The fourth-order valence-electron chi connectivity index (χ4n) is 2.21. The van der Waals surface area contributed by atoms with Gasteiger partial charge in [0.25, 0.3) is 0 Å². The largest absolute Gasteiger partial charge is 0.497 e. The minimum absolute atomic E-state index is 0.193. The number of ether oxygens (including phenoxy) is 1. The van der Waals surface area contributed by atoms with E-state index < -0.39 is 0 Å². The Bertz CT molecular complexity index is 521. The van der Waals surface area contributed by atoms with Crippen molar-refractivity contribution in [3.05, 3.63) is 47.8 Å². The van der Waals surface area contributed by atoms with Crippen molar-refractivity contribution in [2.24, 2.45) is 5.84 Å². The summed E-state index contributed by atoms with van der Waals surface area (Å²) in [6.07, 6.45) is 5.71. The highest BCUT2D eigenvalue weighted by molar-refractivity contribution is 5.27. The zero-order valence-electron chi connectivity index (χ0n) is 12.0. The smallest absolute Gasteiger partial charge is 0.118 e. The average molecular weight is 274 g/mol. The summed E-state index contributed by atoms with van der Waals surface area (Å²) in [5.74, 6) is 6.53. The minimum atomic E-state index is 0.193. The molecule has 5 heteroatoms. The van der Waals surface area contributed by atoms with Crippen molar-refractivity contribution in [2.45, 2.75) is 32.4 Å². The number of methoxy groups -OCH3 is 1. The fourth-order valence-corrected chi connectivity index (χ4v) is 2.21. The Kier molecular flexibility index (Phi) is 5.15. The van der Waals surface area contributed by atoms with E-state index in [0.29, 0.717) is 0 Å². The Balaban J connectivity index is 1.97. The summed E-state index contributed by atoms with van der Waals surface area (Å²) < 4.78 is 7.09. The molecular formula is C15H22N4O. The highest BCUT2D eigenvalue weighted by Crippen LogP contribution is 2.14. The lowest BCUT2D eigenvalue weighted by Gasteiger charge is -2.15. The van der Waals surface area contributed by atoms with Gasteiger partial charge in [-0.25, -0.2) is 0 Å². The molecule has 2 rings (SSSR count). The summed E-state index contributed by atoms with van der Waals surface area (Å²) in [5, 5.41) is 4.28. The van der Waals surface area contributed by atoms with Crippen LogP contribution in [0.1, 0.15) is 18.1 Å². The van der Waals surface area contributed by atoms with Crippen molar-refractivity contribution in [3.63, 3.8) is 0 Å². The van der Waals surface area contributed by atoms with Gasteiger partial charge < -0.3 is 4.74 Å². The molecule has 1 unspecified atom stereocenters. The Labute approximate surface area is 119 Å². The van der Waals surface area contributed by atoms with E-state index in [2.05, 4.69) is 35.8 Å². The first-order valence-electron chi connectivity index (χ1n) is 6.85. The quantitative estimate of drug-likeness (QED) is 0.593. The summed E-state index contributed by atoms with van der Waals surface area (Å²) in [5.41, 5.74) is 5.32. The Morgan fingerprint density at radius 1 is 1.25 bits per heavy atom. The average Bonchev–Trinajstić information content (AvgIpc) is 2.95. The second kappa shape index (κ2) is 7.07. The number of hydrogen-bond acceptors (Lipinski definition) is 4. The van der Waals surface area contributed by atoms with Gasteiger partial charge in [0.15, 0.2) is 0 Å². The third kappa shape index (κ3) is 3.82. The second-order valence-corrected chi connectivity index (χ2v) is 4.82. The molecule has 1 aromatic heterocycles. The van der Waals surface area contributed by atoms with E-state index in [1.54, 1.807) is 7.11 Å². The van der Waals surface area contributed by atoms with Crippen LogP contribution in [0.5, 0.6) is 5.75 Å². The van der Waals surface area contributed by atoms with E-state index in [4.69, 9.17) is 10.6 Å². The van der Waals surface area contributed by atoms with Gasteiger partial charge in [-0.05, 0) is 43.0 Å². The normalized spacial score (nSPS) is 12.3. The van der Waals surface area contributed by atoms with Crippen LogP contribution in [0.25, 0.3) is 0 Å². The highest BCUT2D eigenvalue weighted by Gasteiger charge is 2.10. The molecule has 0 spiro atoms. The van der Waals surface area contributed by atoms with Gasteiger partial charge in [-0.15, -0.1) is 0 Å². The Hall–Kier alpha value is -1.85. The molecule has 5 nitrogen and oxygen atoms in total. The van der Waals surface area contributed by atoms with Gasteiger partial charge in [0, 0.05) is 18.8 Å².